The van der Waals surface area contributed by atoms with Crippen molar-refractivity contribution in [3.8, 4) is 0 Å². The highest BCUT2D eigenvalue weighted by molar-refractivity contribution is 6.10. The number of nitrogens with zero attached hydrogens (tertiary/aromatic N) is 2. The molecular weight excluding hydrogens is 334 g/mol. The third kappa shape index (κ3) is 3.76. The number of ketones is 1. The van der Waals surface area contributed by atoms with E-state index in [4.69, 9.17) is 4.99 Å². The summed E-state index contributed by atoms with van der Waals surface area (Å²) in [5, 5.41) is 5.83. The van der Waals surface area contributed by atoms with E-state index in [0.29, 0.717) is 5.56 Å². The van der Waals surface area contributed by atoms with Gasteiger partial charge in [0, 0.05) is 37.3 Å². The number of rotatable bonds is 3. The standard InChI is InChI=1S/C23H23N3O/c1-17(27)18-9-11-20(12-10-18)25-23(26-15-13-24-14-16-26)22-8-4-6-19-5-2-3-7-21(19)22/h2-12,24H,13-16H2,1H3. The Morgan fingerprint density at radius 2 is 1.63 bits per heavy atom. The molecule has 0 radical (unpaired) electrons. The number of hydrogen-bond donors (Lipinski definition) is 1. The third-order valence-electron chi connectivity index (χ3n) is 4.96. The van der Waals surface area contributed by atoms with Gasteiger partial charge in [-0.1, -0.05) is 42.5 Å². The Morgan fingerprint density at radius 3 is 2.37 bits per heavy atom. The van der Waals surface area contributed by atoms with Crippen molar-refractivity contribution in [2.75, 3.05) is 26.2 Å². The number of piperazine rings is 1. The van der Waals surface area contributed by atoms with E-state index in [1.165, 1.54) is 10.8 Å². The summed E-state index contributed by atoms with van der Waals surface area (Å²) in [7, 11) is 0. The van der Waals surface area contributed by atoms with E-state index in [2.05, 4.69) is 52.7 Å². The van der Waals surface area contributed by atoms with Gasteiger partial charge in [0.2, 0.25) is 0 Å². The minimum atomic E-state index is 0.0712. The zero-order chi connectivity index (χ0) is 18.6. The van der Waals surface area contributed by atoms with E-state index in [1.807, 2.05) is 24.3 Å². The molecule has 3 aromatic rings. The van der Waals surface area contributed by atoms with Crippen molar-refractivity contribution in [3.05, 3.63) is 77.9 Å². The molecule has 1 aliphatic rings. The molecule has 0 aliphatic carbocycles. The van der Waals surface area contributed by atoms with Gasteiger partial charge in [-0.15, -0.1) is 0 Å². The van der Waals surface area contributed by atoms with E-state index in [-0.39, 0.29) is 5.78 Å². The average molecular weight is 357 g/mol. The fraction of sp³-hybridized carbons (Fsp3) is 0.217. The van der Waals surface area contributed by atoms with Crippen molar-refractivity contribution >= 4 is 28.1 Å². The highest BCUT2D eigenvalue weighted by atomic mass is 16.1. The molecular formula is C23H23N3O. The molecule has 1 aliphatic heterocycles. The molecule has 4 nitrogen and oxygen atoms in total. The molecule has 0 aromatic heterocycles. The molecule has 0 amide bonds. The molecule has 4 heteroatoms. The second-order valence-electron chi connectivity index (χ2n) is 6.80. The number of carbonyl (C=O) groups excluding carboxylic acids is 1. The van der Waals surface area contributed by atoms with Gasteiger partial charge in [0.25, 0.3) is 0 Å². The van der Waals surface area contributed by atoms with Crippen LogP contribution < -0.4 is 5.32 Å². The van der Waals surface area contributed by atoms with Crippen molar-refractivity contribution in [2.24, 2.45) is 4.99 Å². The number of amidine groups is 1. The Bertz CT molecular complexity index is 981. The summed E-state index contributed by atoms with van der Waals surface area (Å²) < 4.78 is 0. The summed E-state index contributed by atoms with van der Waals surface area (Å²) >= 11 is 0. The zero-order valence-corrected chi connectivity index (χ0v) is 15.5. The third-order valence-corrected chi connectivity index (χ3v) is 4.96. The zero-order valence-electron chi connectivity index (χ0n) is 15.5. The lowest BCUT2D eigenvalue weighted by Gasteiger charge is -2.31. The Morgan fingerprint density at radius 1 is 0.926 bits per heavy atom. The first-order chi connectivity index (χ1) is 13.2. The van der Waals surface area contributed by atoms with Crippen molar-refractivity contribution in [1.82, 2.24) is 10.2 Å². The van der Waals surface area contributed by atoms with Gasteiger partial charge in [-0.2, -0.15) is 0 Å². The number of hydrogen-bond acceptors (Lipinski definition) is 3. The van der Waals surface area contributed by atoms with E-state index >= 15 is 0 Å². The first-order valence-corrected chi connectivity index (χ1v) is 9.36. The van der Waals surface area contributed by atoms with Crippen molar-refractivity contribution in [3.63, 3.8) is 0 Å². The molecule has 3 aromatic carbocycles. The molecule has 0 spiro atoms. The van der Waals surface area contributed by atoms with Crippen molar-refractivity contribution in [2.45, 2.75) is 6.92 Å². The fourth-order valence-corrected chi connectivity index (χ4v) is 3.49. The van der Waals surface area contributed by atoms with Crippen LogP contribution in [0.5, 0.6) is 0 Å². The molecule has 1 fully saturated rings. The first kappa shape index (κ1) is 17.4. The maximum atomic E-state index is 11.5. The van der Waals surface area contributed by atoms with Crippen molar-refractivity contribution in [1.29, 1.82) is 0 Å². The minimum Gasteiger partial charge on any atom is -0.354 e. The Kier molecular flexibility index (Phi) is 4.99. The predicted octanol–water partition coefficient (Wildman–Crippen LogP) is 4.03. The van der Waals surface area contributed by atoms with Crippen LogP contribution in [0, 0.1) is 0 Å². The number of Topliss-reactive ketones (excluding diaryl/α,β-unsaturated/α-hetero) is 1. The lowest BCUT2D eigenvalue weighted by molar-refractivity contribution is 0.101. The smallest absolute Gasteiger partial charge is 0.159 e. The molecule has 1 heterocycles. The summed E-state index contributed by atoms with van der Waals surface area (Å²) in [6.07, 6.45) is 0. The molecule has 0 unspecified atom stereocenters. The van der Waals surface area contributed by atoms with Gasteiger partial charge < -0.3 is 10.2 Å². The average Bonchev–Trinajstić information content (AvgIpc) is 2.73. The quantitative estimate of drug-likeness (QED) is 0.437. The summed E-state index contributed by atoms with van der Waals surface area (Å²) in [6.45, 7) is 5.34. The van der Waals surface area contributed by atoms with E-state index in [0.717, 1.165) is 43.3 Å². The minimum absolute atomic E-state index is 0.0712. The van der Waals surface area contributed by atoms with E-state index in [1.54, 1.807) is 6.92 Å². The molecule has 1 saturated heterocycles. The van der Waals surface area contributed by atoms with E-state index < -0.39 is 0 Å². The maximum Gasteiger partial charge on any atom is 0.159 e. The van der Waals surface area contributed by atoms with Crippen LogP contribution in [0.4, 0.5) is 5.69 Å². The topological polar surface area (TPSA) is 44.7 Å². The largest absolute Gasteiger partial charge is 0.354 e. The Labute approximate surface area is 159 Å². The highest BCUT2D eigenvalue weighted by Gasteiger charge is 2.18. The Balaban J connectivity index is 1.82. The molecule has 0 atom stereocenters. The lowest BCUT2D eigenvalue weighted by Crippen LogP contribution is -2.46. The van der Waals surface area contributed by atoms with Crippen LogP contribution >= 0.6 is 0 Å². The van der Waals surface area contributed by atoms with Gasteiger partial charge in [-0.05, 0) is 42.0 Å². The number of aliphatic imine (C=N–C) groups is 1. The molecule has 0 saturated carbocycles. The molecule has 27 heavy (non-hydrogen) atoms. The predicted molar refractivity (Wildman–Crippen MR) is 111 cm³/mol. The monoisotopic (exact) mass is 357 g/mol. The van der Waals surface area contributed by atoms with Gasteiger partial charge in [0.15, 0.2) is 5.78 Å². The lowest BCUT2D eigenvalue weighted by atomic mass is 10.0. The van der Waals surface area contributed by atoms with Crippen LogP contribution in [0.3, 0.4) is 0 Å². The van der Waals surface area contributed by atoms with Crippen LogP contribution in [0.2, 0.25) is 0 Å². The van der Waals surface area contributed by atoms with Crippen LogP contribution in [0.1, 0.15) is 22.8 Å². The van der Waals surface area contributed by atoms with Gasteiger partial charge in [0.1, 0.15) is 5.84 Å². The SMILES string of the molecule is CC(=O)c1ccc(N=C(c2cccc3ccccc23)N2CCNCC2)cc1. The van der Waals surface area contributed by atoms with Crippen LogP contribution in [-0.2, 0) is 0 Å². The maximum absolute atomic E-state index is 11.5. The van der Waals surface area contributed by atoms with Gasteiger partial charge in [-0.3, -0.25) is 4.79 Å². The van der Waals surface area contributed by atoms with Crippen LogP contribution in [-0.4, -0.2) is 42.7 Å². The molecule has 4 rings (SSSR count). The summed E-state index contributed by atoms with van der Waals surface area (Å²) in [4.78, 5) is 18.9. The second kappa shape index (κ2) is 7.72. The van der Waals surface area contributed by atoms with E-state index in [9.17, 15) is 4.79 Å². The van der Waals surface area contributed by atoms with Crippen LogP contribution in [0.15, 0.2) is 71.7 Å². The molecule has 1 N–H and O–H groups in total. The van der Waals surface area contributed by atoms with Crippen LogP contribution in [0.25, 0.3) is 10.8 Å². The van der Waals surface area contributed by atoms with Gasteiger partial charge >= 0.3 is 0 Å². The second-order valence-corrected chi connectivity index (χ2v) is 6.80. The number of benzene rings is 3. The number of fused-ring (bicyclic) bond motifs is 1. The summed E-state index contributed by atoms with van der Waals surface area (Å²) in [5.41, 5.74) is 2.72. The fourth-order valence-electron chi connectivity index (χ4n) is 3.49. The molecule has 136 valence electrons. The first-order valence-electron chi connectivity index (χ1n) is 9.36. The normalized spacial score (nSPS) is 15.1. The highest BCUT2D eigenvalue weighted by Crippen LogP contribution is 2.23. The molecule has 0 bridgehead atoms. The van der Waals surface area contributed by atoms with Gasteiger partial charge in [0.05, 0.1) is 5.69 Å². The number of nitrogens with one attached hydrogen (secondary N) is 1. The number of carbonyl (C=O) groups is 1. The summed E-state index contributed by atoms with van der Waals surface area (Å²) in [6, 6.07) is 22.3. The summed E-state index contributed by atoms with van der Waals surface area (Å²) in [5.74, 6) is 1.06. The Hall–Kier alpha value is -2.98. The van der Waals surface area contributed by atoms with Gasteiger partial charge in [-0.25, -0.2) is 4.99 Å². The van der Waals surface area contributed by atoms with Crippen molar-refractivity contribution < 1.29 is 4.79 Å².